The Morgan fingerprint density at radius 1 is 1.00 bits per heavy atom. The van der Waals surface area contributed by atoms with Crippen molar-refractivity contribution in [3.8, 4) is 0 Å². The summed E-state index contributed by atoms with van der Waals surface area (Å²) in [5.41, 5.74) is 3.55. The number of amides is 2. The number of hydrogen-bond donors (Lipinski definition) is 2. The number of imide groups is 1. The Balaban J connectivity index is 5.42. The van der Waals surface area contributed by atoms with E-state index in [1.807, 2.05) is 0 Å². The first-order valence-electron chi connectivity index (χ1n) is 6.46. The Morgan fingerprint density at radius 3 is 1.52 bits per heavy atom. The number of carboxylic acids is 1. The number of nitrogens with two attached hydrogens (primary N) is 1. The highest BCUT2D eigenvalue weighted by Crippen LogP contribution is 2.16. The van der Waals surface area contributed by atoms with Gasteiger partial charge in [0.2, 0.25) is 0 Å². The first-order valence-corrected chi connectivity index (χ1v) is 6.46. The fraction of sp³-hybridized carbons (Fsp3) is 0.769. The zero-order valence-electron chi connectivity index (χ0n) is 13.3. The molecule has 0 aromatic rings. The molecule has 8 nitrogen and oxygen atoms in total. The summed E-state index contributed by atoms with van der Waals surface area (Å²) in [5.74, 6) is -1.42. The first-order chi connectivity index (χ1) is 9.28. The maximum atomic E-state index is 12.1. The van der Waals surface area contributed by atoms with Crippen LogP contribution in [0.25, 0.3) is 0 Å². The van der Waals surface area contributed by atoms with E-state index in [4.69, 9.17) is 20.3 Å². The predicted octanol–water partition coefficient (Wildman–Crippen LogP) is 1.57. The molecule has 0 aliphatic heterocycles. The molecule has 0 bridgehead atoms. The van der Waals surface area contributed by atoms with Crippen molar-refractivity contribution in [2.24, 2.45) is 5.73 Å². The molecule has 2 amide bonds. The van der Waals surface area contributed by atoms with Crippen molar-refractivity contribution in [3.05, 3.63) is 0 Å². The van der Waals surface area contributed by atoms with Gasteiger partial charge in [-0.2, -0.15) is 4.90 Å². The van der Waals surface area contributed by atoms with Gasteiger partial charge in [-0.05, 0) is 41.5 Å². The molecule has 0 aliphatic rings. The van der Waals surface area contributed by atoms with E-state index in [9.17, 15) is 14.4 Å². The second-order valence-electron chi connectivity index (χ2n) is 6.42. The van der Waals surface area contributed by atoms with Crippen LogP contribution in [0.2, 0.25) is 0 Å². The lowest BCUT2D eigenvalue weighted by molar-refractivity contribution is -0.142. The molecular formula is C13H24N2O6. The van der Waals surface area contributed by atoms with Gasteiger partial charge in [0.25, 0.3) is 0 Å². The quantitative estimate of drug-likeness (QED) is 0.812. The van der Waals surface area contributed by atoms with Crippen LogP contribution in [0.3, 0.4) is 0 Å². The van der Waals surface area contributed by atoms with Gasteiger partial charge >= 0.3 is 18.2 Å². The van der Waals surface area contributed by atoms with Gasteiger partial charge in [-0.25, -0.2) is 14.4 Å². The standard InChI is InChI=1S/C13H24N2O6/c1-12(2,3)20-10(18)15(8(7-14)9(16)17)11(19)21-13(4,5)6/h8H,7,14H2,1-6H3,(H,16,17). The van der Waals surface area contributed by atoms with Crippen molar-refractivity contribution in [3.63, 3.8) is 0 Å². The molecule has 0 saturated heterocycles. The summed E-state index contributed by atoms with van der Waals surface area (Å²) >= 11 is 0. The molecule has 0 saturated carbocycles. The monoisotopic (exact) mass is 304 g/mol. The maximum absolute atomic E-state index is 12.1. The van der Waals surface area contributed by atoms with Crippen molar-refractivity contribution in [2.75, 3.05) is 6.54 Å². The zero-order valence-corrected chi connectivity index (χ0v) is 13.3. The number of rotatable bonds is 3. The highest BCUT2D eigenvalue weighted by Gasteiger charge is 2.39. The summed E-state index contributed by atoms with van der Waals surface area (Å²) in [4.78, 5) is 35.7. The Hall–Kier alpha value is -1.83. The molecule has 0 aliphatic carbocycles. The van der Waals surface area contributed by atoms with Gasteiger partial charge in [0.05, 0.1) is 0 Å². The Kier molecular flexibility index (Phi) is 6.16. The molecule has 0 aromatic carbocycles. The van der Waals surface area contributed by atoms with Crippen LogP contribution in [0, 0.1) is 0 Å². The zero-order chi connectivity index (χ0) is 17.0. The number of aliphatic carboxylic acids is 1. The van der Waals surface area contributed by atoms with E-state index in [0.717, 1.165) is 0 Å². The van der Waals surface area contributed by atoms with Gasteiger partial charge in [0.1, 0.15) is 11.2 Å². The van der Waals surface area contributed by atoms with E-state index in [-0.39, 0.29) is 0 Å². The van der Waals surface area contributed by atoms with Crippen molar-refractivity contribution in [1.29, 1.82) is 0 Å². The van der Waals surface area contributed by atoms with Crippen LogP contribution in [0.5, 0.6) is 0 Å². The minimum absolute atomic E-state index is 0.388. The molecule has 8 heteroatoms. The molecule has 1 unspecified atom stereocenters. The summed E-state index contributed by atoms with van der Waals surface area (Å²) in [6, 6.07) is -1.56. The SMILES string of the molecule is CC(C)(C)OC(=O)N(C(=O)OC(C)(C)C)C(CN)C(=O)O. The number of nitrogens with zero attached hydrogens (tertiary/aromatic N) is 1. The topological polar surface area (TPSA) is 119 Å². The molecule has 1 atom stereocenters. The molecule has 0 aromatic heterocycles. The van der Waals surface area contributed by atoms with Gasteiger partial charge in [0, 0.05) is 6.54 Å². The normalized spacial score (nSPS) is 13.3. The molecule has 21 heavy (non-hydrogen) atoms. The lowest BCUT2D eigenvalue weighted by Crippen LogP contribution is -2.54. The largest absolute Gasteiger partial charge is 0.480 e. The second-order valence-corrected chi connectivity index (χ2v) is 6.42. The van der Waals surface area contributed by atoms with E-state index in [0.29, 0.717) is 4.90 Å². The van der Waals surface area contributed by atoms with Gasteiger partial charge in [-0.3, -0.25) is 0 Å². The van der Waals surface area contributed by atoms with Crippen molar-refractivity contribution < 1.29 is 29.0 Å². The summed E-state index contributed by atoms with van der Waals surface area (Å²) < 4.78 is 10.1. The first kappa shape index (κ1) is 19.2. The number of carbonyl (C=O) groups is 3. The van der Waals surface area contributed by atoms with E-state index in [1.54, 1.807) is 41.5 Å². The molecule has 0 fully saturated rings. The molecule has 3 N–H and O–H groups in total. The van der Waals surface area contributed by atoms with Crippen LogP contribution >= 0.6 is 0 Å². The second kappa shape index (κ2) is 6.75. The maximum Gasteiger partial charge on any atom is 0.420 e. The molecule has 0 rings (SSSR count). The third-order valence-corrected chi connectivity index (χ3v) is 2.00. The smallest absolute Gasteiger partial charge is 0.420 e. The minimum atomic E-state index is -1.56. The Labute approximate surface area is 124 Å². The highest BCUT2D eigenvalue weighted by atomic mass is 16.6. The van der Waals surface area contributed by atoms with Gasteiger partial charge in [-0.1, -0.05) is 0 Å². The highest BCUT2D eigenvalue weighted by molar-refractivity contribution is 5.93. The molecular weight excluding hydrogens is 280 g/mol. The van der Waals surface area contributed by atoms with E-state index in [2.05, 4.69) is 0 Å². The average Bonchev–Trinajstić information content (AvgIpc) is 2.19. The number of hydrogen-bond acceptors (Lipinski definition) is 6. The van der Waals surface area contributed by atoms with E-state index < -0.39 is 41.9 Å². The Bertz CT molecular complexity index is 380. The molecule has 0 radical (unpaired) electrons. The van der Waals surface area contributed by atoms with Crippen LogP contribution in [0.4, 0.5) is 9.59 Å². The molecule has 122 valence electrons. The van der Waals surface area contributed by atoms with Crippen LogP contribution < -0.4 is 5.73 Å². The number of ether oxygens (including phenoxy) is 2. The van der Waals surface area contributed by atoms with E-state index in [1.165, 1.54) is 0 Å². The lowest BCUT2D eigenvalue weighted by atomic mass is 10.2. The third kappa shape index (κ3) is 6.94. The fourth-order valence-electron chi connectivity index (χ4n) is 1.27. The van der Waals surface area contributed by atoms with Crippen LogP contribution in [0.1, 0.15) is 41.5 Å². The average molecular weight is 304 g/mol. The molecule has 0 spiro atoms. The van der Waals surface area contributed by atoms with Crippen molar-refractivity contribution in [2.45, 2.75) is 58.8 Å². The van der Waals surface area contributed by atoms with Crippen LogP contribution in [-0.2, 0) is 14.3 Å². The van der Waals surface area contributed by atoms with Gasteiger partial charge in [0.15, 0.2) is 6.04 Å². The van der Waals surface area contributed by atoms with Crippen molar-refractivity contribution >= 4 is 18.2 Å². The lowest BCUT2D eigenvalue weighted by Gasteiger charge is -2.31. The summed E-state index contributed by atoms with van der Waals surface area (Å²) in [6.45, 7) is 9.11. The summed E-state index contributed by atoms with van der Waals surface area (Å²) in [6.07, 6.45) is -2.23. The number of carbonyl (C=O) groups excluding carboxylic acids is 2. The third-order valence-electron chi connectivity index (χ3n) is 2.00. The predicted molar refractivity (Wildman–Crippen MR) is 74.8 cm³/mol. The minimum Gasteiger partial charge on any atom is -0.480 e. The van der Waals surface area contributed by atoms with E-state index >= 15 is 0 Å². The summed E-state index contributed by atoms with van der Waals surface area (Å²) in [5, 5.41) is 9.10. The van der Waals surface area contributed by atoms with Gasteiger partial charge in [-0.15, -0.1) is 0 Å². The van der Waals surface area contributed by atoms with Crippen LogP contribution in [-0.4, -0.2) is 52.0 Å². The van der Waals surface area contributed by atoms with Gasteiger partial charge < -0.3 is 20.3 Å². The fourth-order valence-corrected chi connectivity index (χ4v) is 1.27. The molecule has 0 heterocycles. The van der Waals surface area contributed by atoms with Crippen molar-refractivity contribution in [1.82, 2.24) is 4.90 Å². The summed E-state index contributed by atoms with van der Waals surface area (Å²) in [7, 11) is 0. The Morgan fingerprint density at radius 2 is 1.33 bits per heavy atom. The van der Waals surface area contributed by atoms with Crippen LogP contribution in [0.15, 0.2) is 0 Å². The number of carboxylic acid groups (broad SMARTS) is 1.